The monoisotopic (exact) mass is 1380 g/mol. The number of ether oxygens (including phenoxy) is 4. The molecule has 97 heavy (non-hydrogen) atoms. The van der Waals surface area contributed by atoms with Gasteiger partial charge in [0.15, 0.2) is 0 Å². The molecular weight excluding hydrogens is 1260 g/mol. The highest BCUT2D eigenvalue weighted by atomic mass is 16.5. The normalized spacial score (nSPS) is 12.6. The van der Waals surface area contributed by atoms with E-state index in [2.05, 4.69) is 21.3 Å². The van der Waals surface area contributed by atoms with Crippen molar-refractivity contribution in [2.24, 2.45) is 23.2 Å². The van der Waals surface area contributed by atoms with Crippen molar-refractivity contribution in [3.63, 3.8) is 0 Å². The molecule has 0 aliphatic heterocycles. The van der Waals surface area contributed by atoms with Crippen LogP contribution in [0.1, 0.15) is 278 Å². The first-order valence-corrected chi connectivity index (χ1v) is 36.2. The molecule has 0 radical (unpaired) electrons. The molecule has 4 amide bonds. The fourth-order valence-corrected chi connectivity index (χ4v) is 10.8. The number of amides is 4. The Morgan fingerprint density at radius 2 is 0.773 bits per heavy atom. The second-order valence-corrected chi connectivity index (χ2v) is 26.7. The predicted molar refractivity (Wildman–Crippen MR) is 365 cm³/mol. The zero-order valence-electron chi connectivity index (χ0n) is 59.4. The number of Topliss-reactive ketones (excluding diaryl/α,β-unsaturated/α-hetero) is 5. The Bertz CT molecular complexity index is 2270. The number of unbranched alkanes of at least 4 members (excludes halogenated alkanes) is 20. The summed E-state index contributed by atoms with van der Waals surface area (Å²) in [5.41, 5.74) is -0.668. The number of carbonyl (C=O) groups is 13. The molecule has 0 aromatic carbocycles. The van der Waals surface area contributed by atoms with Crippen LogP contribution in [-0.4, -0.2) is 175 Å². The van der Waals surface area contributed by atoms with Gasteiger partial charge in [0.05, 0.1) is 39.0 Å². The summed E-state index contributed by atoms with van der Waals surface area (Å²) in [4.78, 5) is 159. The van der Waals surface area contributed by atoms with E-state index in [0.717, 1.165) is 103 Å². The zero-order chi connectivity index (χ0) is 72.3. The molecule has 25 nitrogen and oxygen atoms in total. The van der Waals surface area contributed by atoms with Crippen molar-refractivity contribution in [1.29, 1.82) is 0 Å². The average molecular weight is 1380 g/mol. The van der Waals surface area contributed by atoms with Gasteiger partial charge in [-0.05, 0) is 77.6 Å². The topological polar surface area (TPSA) is 388 Å². The maximum atomic E-state index is 13.7. The van der Waals surface area contributed by atoms with Crippen LogP contribution in [0.25, 0.3) is 0 Å². The summed E-state index contributed by atoms with van der Waals surface area (Å²) in [6.07, 6.45) is 23.6. The van der Waals surface area contributed by atoms with E-state index in [9.17, 15) is 72.5 Å². The molecule has 0 saturated carbocycles. The summed E-state index contributed by atoms with van der Waals surface area (Å²) in [5, 5.41) is 47.4. The summed E-state index contributed by atoms with van der Waals surface area (Å²) in [5.74, 6) is -7.90. The fourth-order valence-electron chi connectivity index (χ4n) is 10.8. The van der Waals surface area contributed by atoms with E-state index in [1.165, 1.54) is 6.92 Å². The number of nitrogens with one attached hydrogen (secondary N) is 4. The third-order valence-electron chi connectivity index (χ3n) is 16.9. The van der Waals surface area contributed by atoms with Crippen LogP contribution in [0.3, 0.4) is 0 Å². The lowest BCUT2D eigenvalue weighted by molar-refractivity contribution is -0.144. The van der Waals surface area contributed by atoms with Crippen molar-refractivity contribution < 1.29 is 102 Å². The van der Waals surface area contributed by atoms with Crippen molar-refractivity contribution in [3.05, 3.63) is 0 Å². The van der Waals surface area contributed by atoms with E-state index >= 15 is 0 Å². The Balaban J connectivity index is 4.32. The first kappa shape index (κ1) is 91.0. The summed E-state index contributed by atoms with van der Waals surface area (Å²) < 4.78 is 21.8. The molecule has 0 rings (SSSR count). The zero-order valence-corrected chi connectivity index (χ0v) is 59.4. The largest absolute Gasteiger partial charge is 0.481 e. The fraction of sp³-hybridized carbons (Fsp3) is 0.819. The highest BCUT2D eigenvalue weighted by Gasteiger charge is 2.31. The number of carboxylic acids is 4. The van der Waals surface area contributed by atoms with Crippen molar-refractivity contribution >= 4 is 76.4 Å². The highest BCUT2D eigenvalue weighted by molar-refractivity contribution is 5.93. The van der Waals surface area contributed by atoms with Crippen LogP contribution < -0.4 is 21.3 Å². The van der Waals surface area contributed by atoms with Crippen molar-refractivity contribution in [2.75, 3.05) is 72.5 Å². The Morgan fingerprint density at radius 3 is 1.24 bits per heavy atom. The molecule has 0 saturated heterocycles. The highest BCUT2D eigenvalue weighted by Crippen LogP contribution is 2.27. The number of carboxylic acid groups (broad SMARTS) is 4. The first-order chi connectivity index (χ1) is 46.3. The third-order valence-corrected chi connectivity index (χ3v) is 16.9. The molecule has 0 aliphatic rings. The van der Waals surface area contributed by atoms with E-state index in [1.807, 2.05) is 0 Å². The molecule has 0 aliphatic carbocycles. The van der Waals surface area contributed by atoms with E-state index < -0.39 is 53.1 Å². The van der Waals surface area contributed by atoms with Crippen molar-refractivity contribution in [1.82, 2.24) is 21.3 Å². The second-order valence-electron chi connectivity index (χ2n) is 26.7. The minimum atomic E-state index is -1.19. The van der Waals surface area contributed by atoms with E-state index in [-0.39, 0.29) is 183 Å². The summed E-state index contributed by atoms with van der Waals surface area (Å²) in [6.45, 7) is 8.28. The minimum Gasteiger partial charge on any atom is -0.481 e. The molecule has 0 spiro atoms. The van der Waals surface area contributed by atoms with Crippen LogP contribution in [-0.2, 0) is 81.3 Å². The van der Waals surface area contributed by atoms with Crippen LogP contribution >= 0.6 is 0 Å². The standard InChI is InChI=1S/C72H124N4O21/c1-55(77)56(30-25-27-41-73-66(84)53-96-48-46-94-44-29-33-59(78)38-39-61(71(92)93)76-65(83)34-22-18-14-10-6-8-12-16-20-24-36-69(88)89)51-62(80)57(52-63(81)72(2,3)4)31-26-28-42-74-67(85)54-97-49-47-95-45-43-75-64(82)40-37-58(70(90)91)50-60(79)32-21-17-13-9-5-7-11-15-19-23-35-68(86)87/h56-58,61H,5-54H2,1-4H3,(H,73,84)(H,74,85)(H,75,82)(H,76,83)(H,86,87)(H,88,89)(H,90,91)(H,92,93)/t56-,57-,58-,61+/m1/s1. The summed E-state index contributed by atoms with van der Waals surface area (Å²) in [7, 11) is 0. The third kappa shape index (κ3) is 57.6. The van der Waals surface area contributed by atoms with E-state index in [0.29, 0.717) is 90.1 Å². The molecule has 0 fully saturated rings. The van der Waals surface area contributed by atoms with Crippen LogP contribution in [0.4, 0.5) is 0 Å². The first-order valence-electron chi connectivity index (χ1n) is 36.2. The van der Waals surface area contributed by atoms with Gasteiger partial charge in [-0.15, -0.1) is 0 Å². The molecule has 4 atom stereocenters. The van der Waals surface area contributed by atoms with E-state index in [1.54, 1.807) is 20.8 Å². The summed E-state index contributed by atoms with van der Waals surface area (Å²) >= 11 is 0. The van der Waals surface area contributed by atoms with Gasteiger partial charge in [-0.25, -0.2) is 4.79 Å². The minimum absolute atomic E-state index is 0.00280. The van der Waals surface area contributed by atoms with Crippen LogP contribution in [0, 0.1) is 23.2 Å². The lowest BCUT2D eigenvalue weighted by Gasteiger charge is -2.23. The number of aliphatic carboxylic acids is 4. The maximum absolute atomic E-state index is 13.7. The number of rotatable bonds is 70. The molecule has 558 valence electrons. The quantitative estimate of drug-likeness (QED) is 0.0262. The van der Waals surface area contributed by atoms with Crippen LogP contribution in [0.15, 0.2) is 0 Å². The van der Waals surface area contributed by atoms with Gasteiger partial charge in [-0.2, -0.15) is 0 Å². The SMILES string of the molecule is CC(=O)[C@H](CCCCNC(=O)COCCOCCCC(=O)CC[C@H](NC(=O)CCCCCCCCCCCCC(=O)O)C(=O)O)CC(=O)[C@H](CCCCNC(=O)COCCOCCNC(=O)CC[C@H](CC(=O)CCCCCCCCCCCCC(=O)O)C(=O)O)CC(=O)C(C)(C)C. The number of ketones is 5. The molecule has 0 aromatic heterocycles. The van der Waals surface area contributed by atoms with Gasteiger partial charge in [-0.1, -0.05) is 136 Å². The van der Waals surface area contributed by atoms with Gasteiger partial charge in [0, 0.05) is 108 Å². The second kappa shape index (κ2) is 60.0. The molecule has 25 heteroatoms. The van der Waals surface area contributed by atoms with Gasteiger partial charge in [0.1, 0.15) is 48.2 Å². The number of hydrogen-bond acceptors (Lipinski definition) is 17. The Kier molecular flexibility index (Phi) is 56.2. The Morgan fingerprint density at radius 1 is 0.340 bits per heavy atom. The predicted octanol–water partition coefficient (Wildman–Crippen LogP) is 10.2. The van der Waals surface area contributed by atoms with E-state index in [4.69, 9.17) is 29.2 Å². The molecule has 0 heterocycles. The maximum Gasteiger partial charge on any atom is 0.326 e. The van der Waals surface area contributed by atoms with Gasteiger partial charge in [-0.3, -0.25) is 57.5 Å². The Labute approximate surface area is 577 Å². The average Bonchev–Trinajstić information content (AvgIpc) is 0.937. The van der Waals surface area contributed by atoms with Crippen LogP contribution in [0.5, 0.6) is 0 Å². The van der Waals surface area contributed by atoms with Crippen LogP contribution in [0.2, 0.25) is 0 Å². The Hall–Kier alpha value is -6.05. The molecule has 0 unspecified atom stereocenters. The summed E-state index contributed by atoms with van der Waals surface area (Å²) in [6, 6.07) is -1.15. The number of hydrogen-bond donors (Lipinski definition) is 8. The molecule has 8 N–H and O–H groups in total. The van der Waals surface area contributed by atoms with Gasteiger partial charge < -0.3 is 60.6 Å². The lowest BCUT2D eigenvalue weighted by atomic mass is 9.79. The lowest BCUT2D eigenvalue weighted by Crippen LogP contribution is -2.41. The van der Waals surface area contributed by atoms with Gasteiger partial charge in [0.2, 0.25) is 23.6 Å². The van der Waals surface area contributed by atoms with Crippen molar-refractivity contribution in [2.45, 2.75) is 284 Å². The number of carbonyl (C=O) groups excluding carboxylic acids is 9. The molecule has 0 aromatic rings. The van der Waals surface area contributed by atoms with Gasteiger partial charge in [0.25, 0.3) is 0 Å². The molecule has 0 bridgehead atoms. The van der Waals surface area contributed by atoms with Crippen molar-refractivity contribution in [3.8, 4) is 0 Å². The van der Waals surface area contributed by atoms with Gasteiger partial charge >= 0.3 is 23.9 Å². The smallest absolute Gasteiger partial charge is 0.326 e. The molecular formula is C72H124N4O21.